The minimum atomic E-state index is -0.0324. The summed E-state index contributed by atoms with van der Waals surface area (Å²) in [5.74, 6) is 0.261. The van der Waals surface area contributed by atoms with Crippen LogP contribution in [-0.2, 0) is 0 Å². The first-order valence-corrected chi connectivity index (χ1v) is 6.13. The first kappa shape index (κ1) is 14.5. The van der Waals surface area contributed by atoms with Gasteiger partial charge in [0, 0.05) is 6.42 Å². The molecule has 1 atom stereocenters. The molecule has 0 saturated heterocycles. The number of oxime groups is 1. The maximum atomic E-state index is 9.33. The number of nitrogens with two attached hydrogens (primary N) is 1. The number of aliphatic hydroxyl groups excluding tert-OH is 1. The molecule has 5 N–H and O–H groups in total. The van der Waals surface area contributed by atoms with E-state index in [-0.39, 0.29) is 18.5 Å². The number of rotatable bonds is 8. The SMILES string of the molecule is NC(CCCCNC(CO)c1ccccc1)=NO. The third kappa shape index (κ3) is 5.16. The van der Waals surface area contributed by atoms with Crippen molar-refractivity contribution in [2.75, 3.05) is 13.2 Å². The van der Waals surface area contributed by atoms with Crippen LogP contribution in [0.25, 0.3) is 0 Å². The molecule has 18 heavy (non-hydrogen) atoms. The van der Waals surface area contributed by atoms with Gasteiger partial charge in [0.1, 0.15) is 5.84 Å². The zero-order valence-electron chi connectivity index (χ0n) is 10.4. The van der Waals surface area contributed by atoms with Gasteiger partial charge in [-0.1, -0.05) is 35.5 Å². The number of aliphatic hydroxyl groups is 1. The molecule has 0 aliphatic rings. The highest BCUT2D eigenvalue weighted by molar-refractivity contribution is 5.79. The molecular weight excluding hydrogens is 230 g/mol. The van der Waals surface area contributed by atoms with Crippen LogP contribution in [0.15, 0.2) is 35.5 Å². The largest absolute Gasteiger partial charge is 0.409 e. The number of benzene rings is 1. The summed E-state index contributed by atoms with van der Waals surface area (Å²) in [6.45, 7) is 0.864. The molecule has 0 amide bonds. The number of nitrogens with one attached hydrogen (secondary N) is 1. The fraction of sp³-hybridized carbons (Fsp3) is 0.462. The van der Waals surface area contributed by atoms with Gasteiger partial charge in [0.15, 0.2) is 0 Å². The number of hydrogen-bond acceptors (Lipinski definition) is 4. The Labute approximate surface area is 107 Å². The minimum absolute atomic E-state index is 0.0324. The van der Waals surface area contributed by atoms with E-state index in [0.29, 0.717) is 6.42 Å². The Balaban J connectivity index is 2.25. The van der Waals surface area contributed by atoms with Crippen LogP contribution in [0.3, 0.4) is 0 Å². The van der Waals surface area contributed by atoms with Crippen LogP contribution < -0.4 is 11.1 Å². The fourth-order valence-corrected chi connectivity index (χ4v) is 1.73. The van der Waals surface area contributed by atoms with Crippen molar-refractivity contribution in [2.24, 2.45) is 10.9 Å². The lowest BCUT2D eigenvalue weighted by atomic mass is 10.1. The van der Waals surface area contributed by atoms with Crippen molar-refractivity contribution in [1.29, 1.82) is 0 Å². The molecule has 0 heterocycles. The average Bonchev–Trinajstić information content (AvgIpc) is 2.43. The Bertz CT molecular complexity index is 355. The van der Waals surface area contributed by atoms with Crippen LogP contribution >= 0.6 is 0 Å². The van der Waals surface area contributed by atoms with Crippen LogP contribution in [-0.4, -0.2) is 29.3 Å². The van der Waals surface area contributed by atoms with Crippen molar-refractivity contribution < 1.29 is 10.3 Å². The summed E-state index contributed by atoms with van der Waals surface area (Å²) in [5, 5.41) is 23.9. The van der Waals surface area contributed by atoms with E-state index in [4.69, 9.17) is 10.9 Å². The second-order valence-electron chi connectivity index (χ2n) is 4.15. The van der Waals surface area contributed by atoms with Gasteiger partial charge in [0.05, 0.1) is 12.6 Å². The monoisotopic (exact) mass is 251 g/mol. The highest BCUT2D eigenvalue weighted by Gasteiger charge is 2.08. The summed E-state index contributed by atoms with van der Waals surface area (Å²) in [5.41, 5.74) is 6.45. The molecule has 0 saturated carbocycles. The Morgan fingerprint density at radius 1 is 1.28 bits per heavy atom. The Hall–Kier alpha value is -1.59. The first-order chi connectivity index (χ1) is 8.77. The average molecular weight is 251 g/mol. The van der Waals surface area contributed by atoms with Crippen LogP contribution in [0, 0.1) is 0 Å². The van der Waals surface area contributed by atoms with E-state index in [1.807, 2.05) is 30.3 Å². The summed E-state index contributed by atoms with van der Waals surface area (Å²) in [7, 11) is 0. The Morgan fingerprint density at radius 2 is 2.00 bits per heavy atom. The van der Waals surface area contributed by atoms with Gasteiger partial charge in [-0.15, -0.1) is 0 Å². The van der Waals surface area contributed by atoms with Crippen LogP contribution in [0.1, 0.15) is 30.9 Å². The second-order valence-corrected chi connectivity index (χ2v) is 4.15. The molecule has 0 aliphatic heterocycles. The van der Waals surface area contributed by atoms with Crippen molar-refractivity contribution in [3.63, 3.8) is 0 Å². The zero-order chi connectivity index (χ0) is 13.2. The molecule has 100 valence electrons. The molecule has 0 aliphatic carbocycles. The predicted molar refractivity (Wildman–Crippen MR) is 71.5 cm³/mol. The van der Waals surface area contributed by atoms with Crippen molar-refractivity contribution in [2.45, 2.75) is 25.3 Å². The molecule has 0 bridgehead atoms. The first-order valence-electron chi connectivity index (χ1n) is 6.13. The van der Waals surface area contributed by atoms with E-state index >= 15 is 0 Å². The van der Waals surface area contributed by atoms with E-state index in [1.54, 1.807) is 0 Å². The standard InChI is InChI=1S/C13H21N3O2/c14-13(16-18)8-4-5-9-15-12(10-17)11-6-2-1-3-7-11/h1-3,6-7,12,15,17-18H,4-5,8-10H2,(H2,14,16). The van der Waals surface area contributed by atoms with Gasteiger partial charge in [0.2, 0.25) is 0 Å². The van der Waals surface area contributed by atoms with E-state index in [2.05, 4.69) is 10.5 Å². The van der Waals surface area contributed by atoms with E-state index in [1.165, 1.54) is 0 Å². The molecule has 0 radical (unpaired) electrons. The topological polar surface area (TPSA) is 90.9 Å². The van der Waals surface area contributed by atoms with Gasteiger partial charge in [-0.25, -0.2) is 0 Å². The quantitative estimate of drug-likeness (QED) is 0.184. The van der Waals surface area contributed by atoms with Crippen LogP contribution in [0.4, 0.5) is 0 Å². The number of hydrogen-bond donors (Lipinski definition) is 4. The number of unbranched alkanes of at least 4 members (excludes halogenated alkanes) is 1. The van der Waals surface area contributed by atoms with Gasteiger partial charge in [0.25, 0.3) is 0 Å². The number of nitrogens with zero attached hydrogens (tertiary/aromatic N) is 1. The molecule has 1 rings (SSSR count). The lowest BCUT2D eigenvalue weighted by Crippen LogP contribution is -2.25. The van der Waals surface area contributed by atoms with Crippen molar-refractivity contribution in [3.8, 4) is 0 Å². The van der Waals surface area contributed by atoms with Crippen LogP contribution in [0.2, 0.25) is 0 Å². The molecular formula is C13H21N3O2. The summed E-state index contributed by atoms with van der Waals surface area (Å²) in [6.07, 6.45) is 2.36. The third-order valence-electron chi connectivity index (χ3n) is 2.76. The smallest absolute Gasteiger partial charge is 0.139 e. The molecule has 5 heteroatoms. The molecule has 0 fully saturated rings. The maximum absolute atomic E-state index is 9.33. The maximum Gasteiger partial charge on any atom is 0.139 e. The molecule has 1 unspecified atom stereocenters. The second kappa shape index (κ2) is 8.49. The highest BCUT2D eigenvalue weighted by atomic mass is 16.4. The fourth-order valence-electron chi connectivity index (χ4n) is 1.73. The summed E-state index contributed by atoms with van der Waals surface area (Å²) in [6, 6.07) is 9.81. The number of amidine groups is 1. The highest BCUT2D eigenvalue weighted by Crippen LogP contribution is 2.11. The zero-order valence-corrected chi connectivity index (χ0v) is 10.4. The normalized spacial score (nSPS) is 13.5. The lowest BCUT2D eigenvalue weighted by molar-refractivity contribution is 0.244. The van der Waals surface area contributed by atoms with E-state index in [0.717, 1.165) is 24.9 Å². The summed E-state index contributed by atoms with van der Waals surface area (Å²) < 4.78 is 0. The molecule has 1 aromatic carbocycles. The molecule has 1 aromatic rings. The van der Waals surface area contributed by atoms with Crippen molar-refractivity contribution >= 4 is 5.84 Å². The van der Waals surface area contributed by atoms with Gasteiger partial charge in [-0.3, -0.25) is 0 Å². The van der Waals surface area contributed by atoms with Gasteiger partial charge in [-0.05, 0) is 24.9 Å². The Morgan fingerprint density at radius 3 is 2.61 bits per heavy atom. The Kier molecular flexibility index (Phi) is 6.83. The van der Waals surface area contributed by atoms with Crippen molar-refractivity contribution in [3.05, 3.63) is 35.9 Å². The van der Waals surface area contributed by atoms with E-state index < -0.39 is 0 Å². The molecule has 5 nitrogen and oxygen atoms in total. The summed E-state index contributed by atoms with van der Waals surface area (Å²) in [4.78, 5) is 0. The van der Waals surface area contributed by atoms with E-state index in [9.17, 15) is 5.11 Å². The van der Waals surface area contributed by atoms with Crippen molar-refractivity contribution in [1.82, 2.24) is 5.32 Å². The minimum Gasteiger partial charge on any atom is -0.409 e. The third-order valence-corrected chi connectivity index (χ3v) is 2.76. The summed E-state index contributed by atoms with van der Waals surface area (Å²) >= 11 is 0. The van der Waals surface area contributed by atoms with Gasteiger partial charge in [-0.2, -0.15) is 0 Å². The predicted octanol–water partition coefficient (Wildman–Crippen LogP) is 1.23. The lowest BCUT2D eigenvalue weighted by Gasteiger charge is -2.16. The molecule has 0 aromatic heterocycles. The van der Waals surface area contributed by atoms with Gasteiger partial charge >= 0.3 is 0 Å². The van der Waals surface area contributed by atoms with Crippen LogP contribution in [0.5, 0.6) is 0 Å². The van der Waals surface area contributed by atoms with Gasteiger partial charge < -0.3 is 21.4 Å². The molecule has 0 spiro atoms.